The number of hydrogen-bond donors (Lipinski definition) is 1. The van der Waals surface area contributed by atoms with E-state index in [9.17, 15) is 17.8 Å². The van der Waals surface area contributed by atoms with Crippen molar-refractivity contribution in [2.75, 3.05) is 0 Å². The Bertz CT molecular complexity index is 357. The maximum atomic E-state index is 11.0. The molecule has 0 saturated carbocycles. The first-order valence-electron chi connectivity index (χ1n) is 6.29. The molecular formula is C12H22NNaO4S. The van der Waals surface area contributed by atoms with E-state index in [1.807, 2.05) is 0 Å². The van der Waals surface area contributed by atoms with E-state index in [-0.39, 0.29) is 36.0 Å². The van der Waals surface area contributed by atoms with E-state index in [1.165, 1.54) is 0 Å². The zero-order valence-corrected chi connectivity index (χ0v) is 14.7. The number of amides is 1. The molecule has 0 fully saturated rings. The molecule has 106 valence electrons. The molecule has 0 aromatic carbocycles. The Morgan fingerprint density at radius 1 is 1.26 bits per heavy atom. The summed E-state index contributed by atoms with van der Waals surface area (Å²) in [5.74, 6) is -0.634. The van der Waals surface area contributed by atoms with E-state index >= 15 is 0 Å². The first-order valence-corrected chi connectivity index (χ1v) is 7.76. The van der Waals surface area contributed by atoms with Gasteiger partial charge in [0.05, 0.1) is 0 Å². The summed E-state index contributed by atoms with van der Waals surface area (Å²) in [7, 11) is -4.50. The van der Waals surface area contributed by atoms with Gasteiger partial charge in [-0.15, -0.1) is 0 Å². The van der Waals surface area contributed by atoms with Crippen LogP contribution in [0, 0.1) is 0 Å². The van der Waals surface area contributed by atoms with Crippen LogP contribution in [0.5, 0.6) is 0 Å². The maximum Gasteiger partial charge on any atom is 1.00 e. The van der Waals surface area contributed by atoms with Crippen molar-refractivity contribution in [3.05, 3.63) is 12.7 Å². The third-order valence-corrected chi connectivity index (χ3v) is 3.71. The molecule has 0 radical (unpaired) electrons. The zero-order valence-electron chi connectivity index (χ0n) is 11.9. The van der Waals surface area contributed by atoms with Crippen LogP contribution in [0.4, 0.5) is 0 Å². The average molecular weight is 299 g/mol. The van der Waals surface area contributed by atoms with Crippen molar-refractivity contribution >= 4 is 16.0 Å². The number of nitrogens with one attached hydrogen (secondary N) is 1. The van der Waals surface area contributed by atoms with Gasteiger partial charge in [-0.25, -0.2) is 8.42 Å². The van der Waals surface area contributed by atoms with Gasteiger partial charge in [-0.05, 0) is 12.5 Å². The molecule has 0 spiro atoms. The average Bonchev–Trinajstić information content (AvgIpc) is 2.30. The topological polar surface area (TPSA) is 86.3 Å². The maximum absolute atomic E-state index is 11.0. The zero-order chi connectivity index (χ0) is 14.0. The van der Waals surface area contributed by atoms with Gasteiger partial charge in [0.15, 0.2) is 0 Å². The molecule has 0 aliphatic rings. The van der Waals surface area contributed by atoms with Crippen molar-refractivity contribution in [1.29, 1.82) is 0 Å². The van der Waals surface area contributed by atoms with Crippen LogP contribution in [0.25, 0.3) is 0 Å². The van der Waals surface area contributed by atoms with Crippen LogP contribution in [0.15, 0.2) is 12.7 Å². The smallest absolute Gasteiger partial charge is 0.746 e. The Labute approximate surface area is 138 Å². The number of hydrogen-bond acceptors (Lipinski definition) is 4. The molecular weight excluding hydrogens is 277 g/mol. The van der Waals surface area contributed by atoms with Gasteiger partial charge >= 0.3 is 29.6 Å². The van der Waals surface area contributed by atoms with Crippen molar-refractivity contribution in [3.63, 3.8) is 0 Å². The molecule has 0 rings (SSSR count). The van der Waals surface area contributed by atoms with Crippen molar-refractivity contribution in [2.45, 2.75) is 57.2 Å². The second-order valence-corrected chi connectivity index (χ2v) is 5.81. The third-order valence-electron chi connectivity index (χ3n) is 2.66. The fourth-order valence-corrected chi connectivity index (χ4v) is 2.33. The van der Waals surface area contributed by atoms with Crippen LogP contribution in [0.2, 0.25) is 0 Å². The fraction of sp³-hybridized carbons (Fsp3) is 0.750. The summed E-state index contributed by atoms with van der Waals surface area (Å²) in [6.45, 7) is 5.33. The van der Waals surface area contributed by atoms with Crippen LogP contribution < -0.4 is 34.9 Å². The van der Waals surface area contributed by atoms with Crippen molar-refractivity contribution in [1.82, 2.24) is 5.32 Å². The molecule has 0 aliphatic heterocycles. The van der Waals surface area contributed by atoms with E-state index < -0.39 is 21.4 Å². The Balaban J connectivity index is 0. The van der Waals surface area contributed by atoms with E-state index in [0.29, 0.717) is 6.42 Å². The van der Waals surface area contributed by atoms with Gasteiger partial charge in [0.25, 0.3) is 0 Å². The van der Waals surface area contributed by atoms with Crippen LogP contribution in [0.3, 0.4) is 0 Å². The van der Waals surface area contributed by atoms with E-state index in [0.717, 1.165) is 38.2 Å². The van der Waals surface area contributed by atoms with Gasteiger partial charge in [-0.1, -0.05) is 52.0 Å². The molecule has 1 atom stereocenters. The Kier molecular flexibility index (Phi) is 13.4. The summed E-state index contributed by atoms with van der Waals surface area (Å²) in [6.07, 6.45) is 7.06. The molecule has 1 amide bonds. The van der Waals surface area contributed by atoms with Gasteiger partial charge in [0, 0.05) is 0 Å². The second-order valence-electron chi connectivity index (χ2n) is 4.25. The van der Waals surface area contributed by atoms with Crippen LogP contribution in [-0.2, 0) is 14.9 Å². The molecule has 0 bridgehead atoms. The quantitative estimate of drug-likeness (QED) is 0.240. The molecule has 0 heterocycles. The number of unbranched alkanes of at least 4 members (excludes halogenated alkanes) is 5. The fourth-order valence-electron chi connectivity index (χ4n) is 1.62. The van der Waals surface area contributed by atoms with Crippen molar-refractivity contribution in [3.8, 4) is 0 Å². The Hall–Kier alpha value is 0.120. The van der Waals surface area contributed by atoms with Gasteiger partial charge in [-0.2, -0.15) is 0 Å². The predicted octanol–water partition coefficient (Wildman–Crippen LogP) is -1.09. The van der Waals surface area contributed by atoms with Crippen molar-refractivity contribution in [2.24, 2.45) is 0 Å². The van der Waals surface area contributed by atoms with Gasteiger partial charge < -0.3 is 9.87 Å². The van der Waals surface area contributed by atoms with Crippen LogP contribution >= 0.6 is 0 Å². The summed E-state index contributed by atoms with van der Waals surface area (Å²) < 4.78 is 32.8. The molecule has 0 saturated heterocycles. The minimum Gasteiger partial charge on any atom is -0.746 e. The molecule has 19 heavy (non-hydrogen) atoms. The molecule has 1 unspecified atom stereocenters. The third kappa shape index (κ3) is 11.6. The number of carbonyl (C=O) groups excluding carboxylic acids is 1. The SMILES string of the molecule is C=CC(=O)NC(CCCCCCCC)S(=O)(=O)[O-].[Na+]. The number of rotatable bonds is 10. The summed E-state index contributed by atoms with van der Waals surface area (Å²) in [5.41, 5.74) is 0. The minimum atomic E-state index is -4.50. The normalized spacial score (nSPS) is 12.3. The monoisotopic (exact) mass is 299 g/mol. The van der Waals surface area contributed by atoms with E-state index in [1.54, 1.807) is 0 Å². The Morgan fingerprint density at radius 2 is 1.79 bits per heavy atom. The minimum absolute atomic E-state index is 0. The van der Waals surface area contributed by atoms with Gasteiger partial charge in [-0.3, -0.25) is 4.79 Å². The second kappa shape index (κ2) is 11.9. The Morgan fingerprint density at radius 3 is 2.26 bits per heavy atom. The predicted molar refractivity (Wildman–Crippen MR) is 69.8 cm³/mol. The van der Waals surface area contributed by atoms with E-state index in [4.69, 9.17) is 0 Å². The summed E-state index contributed by atoms with van der Waals surface area (Å²) in [6, 6.07) is 0. The first-order chi connectivity index (χ1) is 8.41. The molecule has 0 aliphatic carbocycles. The van der Waals surface area contributed by atoms with Crippen molar-refractivity contribution < 1.29 is 47.3 Å². The summed E-state index contributed by atoms with van der Waals surface area (Å²) in [5, 5.41) is 0.813. The van der Waals surface area contributed by atoms with E-state index in [2.05, 4.69) is 18.8 Å². The molecule has 5 nitrogen and oxygen atoms in total. The van der Waals surface area contributed by atoms with Gasteiger partial charge in [0.1, 0.15) is 15.5 Å². The molecule has 0 aromatic rings. The summed E-state index contributed by atoms with van der Waals surface area (Å²) in [4.78, 5) is 11.0. The molecule has 0 aromatic heterocycles. The number of carbonyl (C=O) groups is 1. The van der Waals surface area contributed by atoms with Crippen LogP contribution in [-0.4, -0.2) is 24.3 Å². The largest absolute Gasteiger partial charge is 1.00 e. The van der Waals surface area contributed by atoms with Crippen LogP contribution in [0.1, 0.15) is 51.9 Å². The van der Waals surface area contributed by atoms with Gasteiger partial charge in [0.2, 0.25) is 5.91 Å². The molecule has 7 heteroatoms. The standard InChI is InChI=1S/C12H23NO4S.Na/c1-3-5-6-7-8-9-10-12(18(15,16)17)13-11(14)4-2;/h4,12H,2-3,5-10H2,1H3,(H,13,14)(H,15,16,17);/q;+1/p-1. The first kappa shape index (κ1) is 21.4. The summed E-state index contributed by atoms with van der Waals surface area (Å²) >= 11 is 0. The molecule has 1 N–H and O–H groups in total.